The third-order valence-electron chi connectivity index (χ3n) is 3.32. The van der Waals surface area contributed by atoms with Gasteiger partial charge in [0.1, 0.15) is 5.69 Å². The molecule has 1 heterocycles. The zero-order valence-corrected chi connectivity index (χ0v) is 12.8. The van der Waals surface area contributed by atoms with E-state index in [9.17, 15) is 10.1 Å². The molecule has 1 N–H and O–H groups in total. The van der Waals surface area contributed by atoms with Crippen LogP contribution in [0.1, 0.15) is 19.5 Å². The minimum atomic E-state index is -0.517. The quantitative estimate of drug-likeness (QED) is 0.497. The Hall–Kier alpha value is -2.77. The zero-order chi connectivity index (χ0) is 16.1. The van der Waals surface area contributed by atoms with Gasteiger partial charge >= 0.3 is 5.69 Å². The number of rotatable bonds is 6. The second-order valence-corrected chi connectivity index (χ2v) is 4.67. The first-order valence-corrected chi connectivity index (χ1v) is 7.02. The molecule has 0 saturated carbocycles. The second-order valence-electron chi connectivity index (χ2n) is 4.67. The largest absolute Gasteiger partial charge is 0.372 e. The highest BCUT2D eigenvalue weighted by Gasteiger charge is 2.21. The molecule has 8 heteroatoms. The van der Waals surface area contributed by atoms with Gasteiger partial charge in [-0.2, -0.15) is 0 Å². The Morgan fingerprint density at radius 3 is 2.41 bits per heavy atom. The average molecular weight is 302 g/mol. The first-order chi connectivity index (χ1) is 10.6. The highest BCUT2D eigenvalue weighted by molar-refractivity contribution is 5.55. The fraction of sp³-hybridized carbons (Fsp3) is 0.357. The molecule has 0 unspecified atom stereocenters. The standard InChI is InChI=1S/C14H18N6O2/c1-4-19(5-2)12-8-6-11(7-9-12)16-18-14-13(20(21)22)10(3)15-17-14/h6-9H,4-5H2,1-3H3,(H,15,17). The molecule has 2 rings (SSSR count). The Balaban J connectivity index is 2.19. The number of aryl methyl sites for hydroxylation is 1. The van der Waals surface area contributed by atoms with E-state index >= 15 is 0 Å². The molecule has 0 spiro atoms. The zero-order valence-electron chi connectivity index (χ0n) is 12.8. The van der Waals surface area contributed by atoms with Crippen LogP contribution >= 0.6 is 0 Å². The van der Waals surface area contributed by atoms with Crippen molar-refractivity contribution in [3.63, 3.8) is 0 Å². The fourth-order valence-electron chi connectivity index (χ4n) is 2.12. The summed E-state index contributed by atoms with van der Waals surface area (Å²) in [7, 11) is 0. The fourth-order valence-corrected chi connectivity index (χ4v) is 2.12. The van der Waals surface area contributed by atoms with Gasteiger partial charge in [0.2, 0.25) is 0 Å². The first kappa shape index (κ1) is 15.6. The summed E-state index contributed by atoms with van der Waals surface area (Å²) in [5.74, 6) is -0.0182. The summed E-state index contributed by atoms with van der Waals surface area (Å²) < 4.78 is 0. The number of nitrogens with one attached hydrogen (secondary N) is 1. The molecular weight excluding hydrogens is 284 g/mol. The molecule has 2 aromatic rings. The van der Waals surface area contributed by atoms with Gasteiger partial charge in [0, 0.05) is 18.8 Å². The Bertz CT molecular complexity index is 673. The molecule has 0 aliphatic carbocycles. The van der Waals surface area contributed by atoms with Gasteiger partial charge in [-0.1, -0.05) is 0 Å². The molecule has 1 aromatic carbocycles. The van der Waals surface area contributed by atoms with Crippen LogP contribution in [0.4, 0.5) is 22.9 Å². The van der Waals surface area contributed by atoms with Gasteiger partial charge in [0.15, 0.2) is 0 Å². The van der Waals surface area contributed by atoms with E-state index < -0.39 is 4.92 Å². The SMILES string of the molecule is CCN(CC)c1ccc(N=Nc2n[nH]c(C)c2[N+](=O)[O-])cc1. The van der Waals surface area contributed by atoms with E-state index in [0.29, 0.717) is 11.4 Å². The lowest BCUT2D eigenvalue weighted by Crippen LogP contribution is -2.21. The van der Waals surface area contributed by atoms with Crippen LogP contribution in [-0.2, 0) is 0 Å². The molecule has 22 heavy (non-hydrogen) atoms. The van der Waals surface area contributed by atoms with Crippen molar-refractivity contribution in [2.45, 2.75) is 20.8 Å². The lowest BCUT2D eigenvalue weighted by molar-refractivity contribution is -0.384. The highest BCUT2D eigenvalue weighted by Crippen LogP contribution is 2.29. The molecule has 1 aromatic heterocycles. The highest BCUT2D eigenvalue weighted by atomic mass is 16.6. The lowest BCUT2D eigenvalue weighted by Gasteiger charge is -2.20. The van der Waals surface area contributed by atoms with Gasteiger partial charge in [-0.05, 0) is 45.0 Å². The van der Waals surface area contributed by atoms with Crippen molar-refractivity contribution in [1.82, 2.24) is 10.2 Å². The van der Waals surface area contributed by atoms with E-state index in [-0.39, 0.29) is 11.5 Å². The van der Waals surface area contributed by atoms with Gasteiger partial charge < -0.3 is 4.90 Å². The van der Waals surface area contributed by atoms with Crippen molar-refractivity contribution in [1.29, 1.82) is 0 Å². The van der Waals surface area contributed by atoms with E-state index in [2.05, 4.69) is 39.2 Å². The summed E-state index contributed by atoms with van der Waals surface area (Å²) >= 11 is 0. The topological polar surface area (TPSA) is 99.8 Å². The molecule has 0 fully saturated rings. The molecule has 0 bridgehead atoms. The normalized spacial score (nSPS) is 11.0. The van der Waals surface area contributed by atoms with Gasteiger partial charge in [0.25, 0.3) is 5.82 Å². The molecule has 116 valence electrons. The number of hydrogen-bond acceptors (Lipinski definition) is 6. The summed E-state index contributed by atoms with van der Waals surface area (Å²) in [5, 5.41) is 25.1. The van der Waals surface area contributed by atoms with Gasteiger partial charge in [-0.3, -0.25) is 15.2 Å². The summed E-state index contributed by atoms with van der Waals surface area (Å²) in [6.45, 7) is 7.61. The summed E-state index contributed by atoms with van der Waals surface area (Å²) in [6, 6.07) is 7.54. The Morgan fingerprint density at radius 2 is 1.86 bits per heavy atom. The van der Waals surface area contributed by atoms with Crippen LogP contribution in [0, 0.1) is 17.0 Å². The molecular formula is C14H18N6O2. The predicted octanol–water partition coefficient (Wildman–Crippen LogP) is 3.89. The van der Waals surface area contributed by atoms with Crippen LogP contribution in [0.25, 0.3) is 0 Å². The van der Waals surface area contributed by atoms with E-state index in [1.807, 2.05) is 24.3 Å². The van der Waals surface area contributed by atoms with Crippen LogP contribution in [0.5, 0.6) is 0 Å². The van der Waals surface area contributed by atoms with Crippen LogP contribution in [0.15, 0.2) is 34.5 Å². The molecule has 8 nitrogen and oxygen atoms in total. The van der Waals surface area contributed by atoms with Crippen LogP contribution < -0.4 is 4.90 Å². The summed E-state index contributed by atoms with van der Waals surface area (Å²) in [4.78, 5) is 12.6. The lowest BCUT2D eigenvalue weighted by atomic mass is 10.2. The van der Waals surface area contributed by atoms with Crippen molar-refractivity contribution >= 4 is 22.9 Å². The summed E-state index contributed by atoms with van der Waals surface area (Å²) in [5.41, 5.74) is 1.93. The third-order valence-corrected chi connectivity index (χ3v) is 3.32. The Kier molecular flexibility index (Phi) is 4.82. The first-order valence-electron chi connectivity index (χ1n) is 7.02. The molecule has 0 atom stereocenters. The molecule has 0 aliphatic rings. The van der Waals surface area contributed by atoms with Crippen molar-refractivity contribution in [3.05, 3.63) is 40.1 Å². The maximum absolute atomic E-state index is 10.9. The number of azo groups is 1. The number of nitro groups is 1. The van der Waals surface area contributed by atoms with E-state index in [0.717, 1.165) is 18.8 Å². The average Bonchev–Trinajstić information content (AvgIpc) is 2.88. The van der Waals surface area contributed by atoms with E-state index in [1.165, 1.54) is 0 Å². The monoisotopic (exact) mass is 302 g/mol. The van der Waals surface area contributed by atoms with Gasteiger partial charge in [-0.15, -0.1) is 15.3 Å². The summed E-state index contributed by atoms with van der Waals surface area (Å²) in [6.07, 6.45) is 0. The number of hydrogen-bond donors (Lipinski definition) is 1. The molecule has 0 amide bonds. The van der Waals surface area contributed by atoms with Crippen LogP contribution in [-0.4, -0.2) is 28.2 Å². The maximum Gasteiger partial charge on any atom is 0.337 e. The Morgan fingerprint density at radius 1 is 1.23 bits per heavy atom. The Labute approximate surface area is 128 Å². The predicted molar refractivity (Wildman–Crippen MR) is 84.2 cm³/mol. The van der Waals surface area contributed by atoms with Crippen LogP contribution in [0.2, 0.25) is 0 Å². The van der Waals surface area contributed by atoms with Crippen molar-refractivity contribution in [3.8, 4) is 0 Å². The molecule has 0 radical (unpaired) electrons. The minimum Gasteiger partial charge on any atom is -0.372 e. The van der Waals surface area contributed by atoms with E-state index in [1.54, 1.807) is 6.92 Å². The number of aromatic amines is 1. The number of aromatic nitrogens is 2. The third kappa shape index (κ3) is 3.27. The molecule has 0 saturated heterocycles. The van der Waals surface area contributed by atoms with Gasteiger partial charge in [-0.25, -0.2) is 0 Å². The van der Waals surface area contributed by atoms with Crippen molar-refractivity contribution in [2.75, 3.05) is 18.0 Å². The van der Waals surface area contributed by atoms with Crippen LogP contribution in [0.3, 0.4) is 0 Å². The number of anilines is 1. The van der Waals surface area contributed by atoms with Gasteiger partial charge in [0.05, 0.1) is 10.6 Å². The smallest absolute Gasteiger partial charge is 0.337 e. The number of benzene rings is 1. The minimum absolute atomic E-state index is 0.0182. The number of H-pyrrole nitrogens is 1. The van der Waals surface area contributed by atoms with E-state index in [4.69, 9.17) is 0 Å². The number of nitrogens with zero attached hydrogens (tertiary/aromatic N) is 5. The maximum atomic E-state index is 10.9. The van der Waals surface area contributed by atoms with Crippen molar-refractivity contribution in [2.24, 2.45) is 10.2 Å². The molecule has 0 aliphatic heterocycles. The second kappa shape index (κ2) is 6.79. The van der Waals surface area contributed by atoms with Crippen molar-refractivity contribution < 1.29 is 4.92 Å².